The van der Waals surface area contributed by atoms with Crippen LogP contribution in [0, 0.1) is 0 Å². The number of pyridine rings is 2. The van der Waals surface area contributed by atoms with Crippen LogP contribution in [0.15, 0.2) is 35.2 Å². The largest absolute Gasteiger partial charge is 0.480 e. The van der Waals surface area contributed by atoms with Gasteiger partial charge in [-0.15, -0.1) is 0 Å². The zero-order chi connectivity index (χ0) is 32.3. The lowest BCUT2D eigenvalue weighted by atomic mass is 10.1. The van der Waals surface area contributed by atoms with Crippen molar-refractivity contribution < 1.29 is 27.1 Å². The summed E-state index contributed by atoms with van der Waals surface area (Å²) in [5.74, 6) is 0.137. The summed E-state index contributed by atoms with van der Waals surface area (Å²) in [7, 11) is -0.466. The van der Waals surface area contributed by atoms with E-state index in [1.165, 1.54) is 19.6 Å². The van der Waals surface area contributed by atoms with Gasteiger partial charge in [-0.3, -0.25) is 28.9 Å². The van der Waals surface area contributed by atoms with Crippen molar-refractivity contribution in [3.8, 4) is 17.1 Å². The molecule has 16 nitrogen and oxygen atoms in total. The van der Waals surface area contributed by atoms with Crippen LogP contribution in [0.3, 0.4) is 0 Å². The van der Waals surface area contributed by atoms with Crippen LogP contribution in [-0.2, 0) is 28.4 Å². The van der Waals surface area contributed by atoms with E-state index >= 15 is 0 Å². The number of morpholine rings is 1. The summed E-state index contributed by atoms with van der Waals surface area (Å²) >= 11 is 0. The van der Waals surface area contributed by atoms with E-state index in [1.54, 1.807) is 30.1 Å². The minimum atomic E-state index is -3.60. The number of hydrogen-bond acceptors (Lipinski definition) is 13. The number of carbonyl (C=O) groups excluding carboxylic acids is 1. The van der Waals surface area contributed by atoms with Crippen molar-refractivity contribution in [2.45, 2.75) is 6.54 Å². The summed E-state index contributed by atoms with van der Waals surface area (Å²) in [5, 5.41) is 7.84. The molecule has 6 heterocycles. The van der Waals surface area contributed by atoms with Gasteiger partial charge in [-0.2, -0.15) is 5.10 Å². The Labute approximate surface area is 266 Å². The van der Waals surface area contributed by atoms with Crippen molar-refractivity contribution in [3.05, 3.63) is 42.4 Å². The second kappa shape index (κ2) is 13.7. The maximum atomic E-state index is 13.3. The lowest BCUT2D eigenvalue weighted by molar-refractivity contribution is 0.0294. The number of nitrogens with zero attached hydrogens (tertiary/aromatic N) is 8. The molecule has 46 heavy (non-hydrogen) atoms. The van der Waals surface area contributed by atoms with E-state index in [0.29, 0.717) is 40.4 Å². The topological polar surface area (TPSA) is 173 Å². The normalized spacial score (nSPS) is 16.9. The molecule has 2 aliphatic heterocycles. The molecule has 0 aromatic carbocycles. The lowest BCUT2D eigenvalue weighted by Crippen LogP contribution is -2.49. The summed E-state index contributed by atoms with van der Waals surface area (Å²) < 4.78 is 44.2. The van der Waals surface area contributed by atoms with Gasteiger partial charge in [0.05, 0.1) is 56.1 Å². The summed E-state index contributed by atoms with van der Waals surface area (Å²) in [6.45, 7) is 10.00. The molecule has 17 heteroatoms. The number of amides is 1. The van der Waals surface area contributed by atoms with Crippen molar-refractivity contribution >= 4 is 38.3 Å². The van der Waals surface area contributed by atoms with E-state index in [9.17, 15) is 13.2 Å². The predicted octanol–water partition coefficient (Wildman–Crippen LogP) is 1.10. The van der Waals surface area contributed by atoms with Crippen molar-refractivity contribution in [2.75, 3.05) is 89.0 Å². The highest BCUT2D eigenvalue weighted by Crippen LogP contribution is 2.32. The number of anilines is 2. The first-order valence-corrected chi connectivity index (χ1v) is 16.9. The number of rotatable bonds is 11. The number of sulfonamides is 1. The molecule has 2 saturated heterocycles. The summed E-state index contributed by atoms with van der Waals surface area (Å²) in [5.41, 5.74) is 2.19. The van der Waals surface area contributed by atoms with E-state index in [-0.39, 0.29) is 17.3 Å². The van der Waals surface area contributed by atoms with Gasteiger partial charge in [-0.25, -0.2) is 23.4 Å². The molecule has 0 bridgehead atoms. The average molecular weight is 655 g/mol. The van der Waals surface area contributed by atoms with Crippen LogP contribution >= 0.6 is 0 Å². The molecule has 0 aliphatic carbocycles. The third kappa shape index (κ3) is 7.61. The second-order valence-electron chi connectivity index (χ2n) is 11.4. The van der Waals surface area contributed by atoms with Crippen molar-refractivity contribution in [3.63, 3.8) is 0 Å². The van der Waals surface area contributed by atoms with E-state index in [1.807, 2.05) is 0 Å². The number of aromatic nitrogens is 5. The van der Waals surface area contributed by atoms with Gasteiger partial charge in [-0.1, -0.05) is 0 Å². The van der Waals surface area contributed by atoms with E-state index in [0.717, 1.165) is 71.8 Å². The molecular weight excluding hydrogens is 616 g/mol. The maximum absolute atomic E-state index is 13.3. The Morgan fingerprint density at radius 3 is 2.41 bits per heavy atom. The zero-order valence-corrected chi connectivity index (χ0v) is 26.9. The minimum absolute atomic E-state index is 0.108. The first-order chi connectivity index (χ1) is 22.1. The fraction of sp³-hybridized carbons (Fsp3) is 0.483. The van der Waals surface area contributed by atoms with Gasteiger partial charge >= 0.3 is 0 Å². The molecule has 0 radical (unpaired) electrons. The van der Waals surface area contributed by atoms with Crippen LogP contribution in [0.4, 0.5) is 11.4 Å². The Hall–Kier alpha value is -4.16. The Kier molecular flexibility index (Phi) is 9.46. The molecule has 4 aromatic heterocycles. The molecule has 2 aliphatic rings. The smallest absolute Gasteiger partial charge is 0.277 e. The third-order valence-corrected chi connectivity index (χ3v) is 8.62. The maximum Gasteiger partial charge on any atom is 0.277 e. The van der Waals surface area contributed by atoms with Crippen LogP contribution < -0.4 is 14.8 Å². The van der Waals surface area contributed by atoms with E-state index in [4.69, 9.17) is 13.9 Å². The van der Waals surface area contributed by atoms with Crippen LogP contribution in [0.1, 0.15) is 16.4 Å². The van der Waals surface area contributed by atoms with Gasteiger partial charge < -0.3 is 19.2 Å². The van der Waals surface area contributed by atoms with Crippen LogP contribution in [-0.4, -0.2) is 133 Å². The Morgan fingerprint density at radius 2 is 1.70 bits per heavy atom. The fourth-order valence-corrected chi connectivity index (χ4v) is 6.08. The monoisotopic (exact) mass is 654 g/mol. The van der Waals surface area contributed by atoms with Gasteiger partial charge in [-0.05, 0) is 12.1 Å². The highest BCUT2D eigenvalue weighted by Gasteiger charge is 2.22. The molecule has 246 valence electrons. The van der Waals surface area contributed by atoms with Gasteiger partial charge in [0, 0.05) is 71.2 Å². The SMILES string of the molecule is COc1ncc(-c2cc(NC(=O)c3coc(CN4CCN(CCN5CCOCC5)CC4)n3)c3cnn(C)c3n2)cc1NS(C)(=O)=O. The second-order valence-corrected chi connectivity index (χ2v) is 13.1. The molecule has 0 spiro atoms. The molecule has 2 N–H and O–H groups in total. The molecule has 0 unspecified atom stereocenters. The van der Waals surface area contributed by atoms with Gasteiger partial charge in [0.15, 0.2) is 11.3 Å². The number of nitrogens with one attached hydrogen (secondary N) is 2. The Morgan fingerprint density at radius 1 is 0.978 bits per heavy atom. The van der Waals surface area contributed by atoms with Crippen molar-refractivity contribution in [1.82, 2.24) is 39.4 Å². The van der Waals surface area contributed by atoms with Gasteiger partial charge in [0.1, 0.15) is 12.0 Å². The minimum Gasteiger partial charge on any atom is -0.480 e. The van der Waals surface area contributed by atoms with Gasteiger partial charge in [0.2, 0.25) is 21.8 Å². The number of methoxy groups -OCH3 is 1. The Balaban J connectivity index is 1.12. The Bertz CT molecular complexity index is 1800. The first-order valence-electron chi connectivity index (χ1n) is 15.0. The molecular formula is C29H38N10O6S. The number of aryl methyl sites for hydroxylation is 1. The summed E-state index contributed by atoms with van der Waals surface area (Å²) in [6.07, 6.45) is 5.52. The standard InChI is InChI=1S/C29H38N10O6S/c1-36-27-21(17-31-36)23(15-22(33-27)20-14-24(35-46(3,41)42)29(43-2)30-16-20)34-28(40)25-19-45-26(32-25)18-39-8-6-37(7-9-39)4-5-38-10-12-44-13-11-38/h14-17,19,35H,4-13,18H2,1-3H3,(H,33,34,40). The van der Waals surface area contributed by atoms with Crippen LogP contribution in [0.25, 0.3) is 22.3 Å². The fourth-order valence-electron chi connectivity index (χ4n) is 5.54. The van der Waals surface area contributed by atoms with Crippen molar-refractivity contribution in [1.29, 1.82) is 0 Å². The zero-order valence-electron chi connectivity index (χ0n) is 26.1. The molecule has 6 rings (SSSR count). The highest BCUT2D eigenvalue weighted by molar-refractivity contribution is 7.92. The molecule has 1 amide bonds. The number of piperazine rings is 1. The van der Waals surface area contributed by atoms with Crippen molar-refractivity contribution in [2.24, 2.45) is 7.05 Å². The highest BCUT2D eigenvalue weighted by atomic mass is 32.2. The van der Waals surface area contributed by atoms with Gasteiger partial charge in [0.25, 0.3) is 5.91 Å². The average Bonchev–Trinajstić information content (AvgIpc) is 3.67. The molecule has 0 saturated carbocycles. The lowest BCUT2D eigenvalue weighted by Gasteiger charge is -2.35. The van der Waals surface area contributed by atoms with Crippen LogP contribution in [0.5, 0.6) is 5.88 Å². The first kappa shape index (κ1) is 31.8. The molecule has 0 atom stereocenters. The quantitative estimate of drug-likeness (QED) is 0.236. The third-order valence-electron chi connectivity index (χ3n) is 8.03. The van der Waals surface area contributed by atoms with E-state index < -0.39 is 15.9 Å². The van der Waals surface area contributed by atoms with Crippen LogP contribution in [0.2, 0.25) is 0 Å². The molecule has 2 fully saturated rings. The number of hydrogen-bond donors (Lipinski definition) is 2. The summed E-state index contributed by atoms with van der Waals surface area (Å²) in [4.78, 5) is 33.9. The van der Waals surface area contributed by atoms with E-state index in [2.05, 4.69) is 44.8 Å². The predicted molar refractivity (Wildman–Crippen MR) is 170 cm³/mol. The number of ether oxygens (including phenoxy) is 2. The number of oxazole rings is 1. The number of carbonyl (C=O) groups is 1. The molecule has 4 aromatic rings. The summed E-state index contributed by atoms with van der Waals surface area (Å²) in [6, 6.07) is 3.24. The number of fused-ring (bicyclic) bond motifs is 1.